The van der Waals surface area contributed by atoms with Crippen molar-refractivity contribution in [2.45, 2.75) is 45.6 Å². The number of amides is 1. The Morgan fingerprint density at radius 1 is 1.39 bits per heavy atom. The van der Waals surface area contributed by atoms with Gasteiger partial charge in [0.05, 0.1) is 18.8 Å². The predicted octanol–water partition coefficient (Wildman–Crippen LogP) is 3.93. The normalized spacial score (nSPS) is 18.3. The number of fused-ring (bicyclic) bond motifs is 1. The second-order valence-electron chi connectivity index (χ2n) is 6.24. The zero-order valence-corrected chi connectivity index (χ0v) is 14.3. The van der Waals surface area contributed by atoms with Crippen molar-refractivity contribution < 1.29 is 13.9 Å². The van der Waals surface area contributed by atoms with Gasteiger partial charge in [0, 0.05) is 29.1 Å². The lowest BCUT2D eigenvalue weighted by Gasteiger charge is -2.22. The van der Waals surface area contributed by atoms with Crippen LogP contribution in [0.15, 0.2) is 16.7 Å². The summed E-state index contributed by atoms with van der Waals surface area (Å²) >= 11 is 6.33. The number of rotatable bonds is 4. The molecule has 1 aliphatic rings. The highest BCUT2D eigenvalue weighted by Crippen LogP contribution is 2.32. The quantitative estimate of drug-likeness (QED) is 0.921. The third-order valence-corrected chi connectivity index (χ3v) is 5.03. The van der Waals surface area contributed by atoms with Crippen molar-refractivity contribution in [3.8, 4) is 0 Å². The zero-order valence-electron chi connectivity index (χ0n) is 13.6. The van der Waals surface area contributed by atoms with Crippen LogP contribution in [0, 0.1) is 13.8 Å². The Morgan fingerprint density at radius 3 is 2.96 bits per heavy atom. The summed E-state index contributed by atoms with van der Waals surface area (Å²) in [6, 6.07) is 1.92. The van der Waals surface area contributed by atoms with Crippen molar-refractivity contribution in [3.63, 3.8) is 0 Å². The summed E-state index contributed by atoms with van der Waals surface area (Å²) in [6.45, 7) is 5.29. The highest BCUT2D eigenvalue weighted by Gasteiger charge is 2.18. The minimum absolute atomic E-state index is 0.0158. The minimum atomic E-state index is -0.0158. The Morgan fingerprint density at radius 2 is 2.22 bits per heavy atom. The van der Waals surface area contributed by atoms with E-state index >= 15 is 0 Å². The number of hydrogen-bond donors (Lipinski definition) is 1. The standard InChI is InChI=1S/C18H22ClNO3/c1-11-7-15-17(12(2)18(11)19)13(10-23-15)8-16(21)20-9-14-5-3-4-6-22-14/h7,10,14H,3-6,8-9H2,1-2H3,(H,20,21)/t14-/m1/s1. The highest BCUT2D eigenvalue weighted by molar-refractivity contribution is 6.33. The molecule has 1 N–H and O–H groups in total. The fraction of sp³-hybridized carbons (Fsp3) is 0.500. The van der Waals surface area contributed by atoms with E-state index in [1.54, 1.807) is 6.26 Å². The van der Waals surface area contributed by atoms with Gasteiger partial charge in [-0.1, -0.05) is 11.6 Å². The number of benzene rings is 1. The van der Waals surface area contributed by atoms with Crippen molar-refractivity contribution in [3.05, 3.63) is 34.0 Å². The molecule has 1 fully saturated rings. The van der Waals surface area contributed by atoms with E-state index in [1.165, 1.54) is 6.42 Å². The first-order valence-electron chi connectivity index (χ1n) is 8.10. The molecule has 5 heteroatoms. The monoisotopic (exact) mass is 335 g/mol. The summed E-state index contributed by atoms with van der Waals surface area (Å²) in [5, 5.41) is 4.64. The van der Waals surface area contributed by atoms with Crippen molar-refractivity contribution in [2.24, 2.45) is 0 Å². The van der Waals surface area contributed by atoms with Gasteiger partial charge in [0.1, 0.15) is 5.58 Å². The second-order valence-corrected chi connectivity index (χ2v) is 6.61. The minimum Gasteiger partial charge on any atom is -0.464 e. The summed E-state index contributed by atoms with van der Waals surface area (Å²) in [5.41, 5.74) is 3.61. The van der Waals surface area contributed by atoms with Crippen LogP contribution in [0.1, 0.15) is 36.0 Å². The van der Waals surface area contributed by atoms with E-state index in [0.29, 0.717) is 13.0 Å². The van der Waals surface area contributed by atoms with Gasteiger partial charge >= 0.3 is 0 Å². The Labute approximate surface area is 141 Å². The molecule has 2 aromatic rings. The molecule has 0 spiro atoms. The first-order valence-corrected chi connectivity index (χ1v) is 8.48. The first-order chi connectivity index (χ1) is 11.1. The first kappa shape index (κ1) is 16.3. The van der Waals surface area contributed by atoms with Crippen LogP contribution in [0.3, 0.4) is 0 Å². The molecule has 0 saturated carbocycles. The molecule has 0 unspecified atom stereocenters. The molecule has 0 aliphatic carbocycles. The Kier molecular flexibility index (Phi) is 4.93. The summed E-state index contributed by atoms with van der Waals surface area (Å²) in [7, 11) is 0. The fourth-order valence-electron chi connectivity index (χ4n) is 3.17. The number of aryl methyl sites for hydroxylation is 2. The van der Waals surface area contributed by atoms with Crippen LogP contribution in [0.4, 0.5) is 0 Å². The van der Waals surface area contributed by atoms with E-state index in [4.69, 9.17) is 20.8 Å². The molecule has 0 radical (unpaired) electrons. The molecule has 0 bridgehead atoms. The maximum absolute atomic E-state index is 12.2. The molecule has 23 heavy (non-hydrogen) atoms. The van der Waals surface area contributed by atoms with Crippen LogP contribution in [-0.2, 0) is 16.0 Å². The summed E-state index contributed by atoms with van der Waals surface area (Å²) < 4.78 is 11.2. The van der Waals surface area contributed by atoms with Gasteiger partial charge < -0.3 is 14.5 Å². The number of carbonyl (C=O) groups excluding carboxylic acids is 1. The Hall–Kier alpha value is -1.52. The average Bonchev–Trinajstić information content (AvgIpc) is 2.94. The fourth-order valence-corrected chi connectivity index (χ4v) is 3.32. The summed E-state index contributed by atoms with van der Waals surface area (Å²) in [4.78, 5) is 12.2. The molecule has 1 amide bonds. The van der Waals surface area contributed by atoms with Gasteiger partial charge in [0.2, 0.25) is 5.91 Å². The number of furan rings is 1. The third kappa shape index (κ3) is 3.54. The average molecular weight is 336 g/mol. The SMILES string of the molecule is Cc1cc2occ(CC(=O)NC[C@H]3CCCCO3)c2c(C)c1Cl. The van der Waals surface area contributed by atoms with Gasteiger partial charge in [0.15, 0.2) is 0 Å². The van der Waals surface area contributed by atoms with Gasteiger partial charge in [-0.2, -0.15) is 0 Å². The van der Waals surface area contributed by atoms with Crippen LogP contribution in [0.2, 0.25) is 5.02 Å². The zero-order chi connectivity index (χ0) is 16.4. The lowest BCUT2D eigenvalue weighted by Crippen LogP contribution is -2.36. The van der Waals surface area contributed by atoms with E-state index in [0.717, 1.165) is 52.1 Å². The molecular formula is C18H22ClNO3. The number of nitrogens with one attached hydrogen (secondary N) is 1. The van der Waals surface area contributed by atoms with Crippen LogP contribution < -0.4 is 5.32 Å². The van der Waals surface area contributed by atoms with Crippen molar-refractivity contribution in [1.29, 1.82) is 0 Å². The van der Waals surface area contributed by atoms with E-state index in [1.807, 2.05) is 19.9 Å². The van der Waals surface area contributed by atoms with E-state index in [2.05, 4.69) is 5.32 Å². The Balaban J connectivity index is 1.69. The number of ether oxygens (including phenoxy) is 1. The van der Waals surface area contributed by atoms with Gasteiger partial charge in [-0.3, -0.25) is 4.79 Å². The van der Waals surface area contributed by atoms with E-state index < -0.39 is 0 Å². The summed E-state index contributed by atoms with van der Waals surface area (Å²) in [6.07, 6.45) is 5.40. The molecular weight excluding hydrogens is 314 g/mol. The Bertz CT molecular complexity index is 717. The molecule has 3 rings (SSSR count). The van der Waals surface area contributed by atoms with Crippen LogP contribution >= 0.6 is 11.6 Å². The van der Waals surface area contributed by atoms with Crippen LogP contribution in [0.5, 0.6) is 0 Å². The molecule has 1 aromatic carbocycles. The molecule has 4 nitrogen and oxygen atoms in total. The molecule has 2 heterocycles. The largest absolute Gasteiger partial charge is 0.464 e. The predicted molar refractivity (Wildman–Crippen MR) is 91.0 cm³/mol. The van der Waals surface area contributed by atoms with E-state index in [9.17, 15) is 4.79 Å². The van der Waals surface area contributed by atoms with Gasteiger partial charge in [-0.25, -0.2) is 0 Å². The summed E-state index contributed by atoms with van der Waals surface area (Å²) in [5.74, 6) is -0.0158. The molecule has 1 aliphatic heterocycles. The van der Waals surface area contributed by atoms with Crippen LogP contribution in [-0.4, -0.2) is 25.2 Å². The second kappa shape index (κ2) is 6.93. The number of halogens is 1. The molecule has 1 aromatic heterocycles. The smallest absolute Gasteiger partial charge is 0.224 e. The third-order valence-electron chi connectivity index (χ3n) is 4.45. The van der Waals surface area contributed by atoms with Crippen LogP contribution in [0.25, 0.3) is 11.0 Å². The van der Waals surface area contributed by atoms with Gasteiger partial charge in [-0.15, -0.1) is 0 Å². The lowest BCUT2D eigenvalue weighted by molar-refractivity contribution is -0.121. The highest BCUT2D eigenvalue weighted by atomic mass is 35.5. The lowest BCUT2D eigenvalue weighted by atomic mass is 10.0. The van der Waals surface area contributed by atoms with Gasteiger partial charge in [-0.05, 0) is 50.3 Å². The van der Waals surface area contributed by atoms with Crippen molar-refractivity contribution in [1.82, 2.24) is 5.32 Å². The maximum Gasteiger partial charge on any atom is 0.224 e. The topological polar surface area (TPSA) is 51.5 Å². The van der Waals surface area contributed by atoms with Crippen molar-refractivity contribution in [2.75, 3.05) is 13.2 Å². The molecule has 1 saturated heterocycles. The molecule has 124 valence electrons. The maximum atomic E-state index is 12.2. The van der Waals surface area contributed by atoms with Crippen molar-refractivity contribution >= 4 is 28.5 Å². The van der Waals surface area contributed by atoms with Gasteiger partial charge in [0.25, 0.3) is 0 Å². The number of carbonyl (C=O) groups is 1. The number of hydrogen-bond acceptors (Lipinski definition) is 3. The van der Waals surface area contributed by atoms with E-state index in [-0.39, 0.29) is 12.0 Å². The molecule has 1 atom stereocenters.